The largest absolute Gasteiger partial charge is 0.491 e. The van der Waals surface area contributed by atoms with Gasteiger partial charge in [-0.3, -0.25) is 0 Å². The van der Waals surface area contributed by atoms with Crippen molar-refractivity contribution < 1.29 is 24.1 Å². The maximum atomic E-state index is 12.7. The molecule has 1 aromatic rings. The highest BCUT2D eigenvalue weighted by atomic mass is 19.1. The average Bonchev–Trinajstić information content (AvgIpc) is 2.70. The summed E-state index contributed by atoms with van der Waals surface area (Å²) >= 11 is 0. The second-order valence-corrected chi connectivity index (χ2v) is 4.38. The standard InChI is InChI=1S/C13H17FO4/c14-9-1-3-10(4-2-9)17-8-11-7-12(16)13(18-11)5-6-15/h1-4,11-13,15-16H,5-8H2/t11-,12?,13?/m0/s1. The Balaban J connectivity index is 1.79. The van der Waals surface area contributed by atoms with Gasteiger partial charge in [-0.25, -0.2) is 4.39 Å². The molecule has 0 saturated carbocycles. The van der Waals surface area contributed by atoms with E-state index in [1.807, 2.05) is 0 Å². The van der Waals surface area contributed by atoms with Crippen LogP contribution in [0.4, 0.5) is 4.39 Å². The number of ether oxygens (including phenoxy) is 2. The SMILES string of the molecule is OCCC1O[C@H](COc2ccc(F)cc2)CC1O. The molecule has 18 heavy (non-hydrogen) atoms. The van der Waals surface area contributed by atoms with Crippen molar-refractivity contribution in [2.75, 3.05) is 13.2 Å². The van der Waals surface area contributed by atoms with Gasteiger partial charge in [-0.1, -0.05) is 0 Å². The van der Waals surface area contributed by atoms with E-state index in [1.54, 1.807) is 12.1 Å². The molecule has 0 aliphatic carbocycles. The molecule has 1 aromatic carbocycles. The minimum atomic E-state index is -0.557. The van der Waals surface area contributed by atoms with Gasteiger partial charge >= 0.3 is 0 Å². The first-order chi connectivity index (χ1) is 8.69. The number of benzene rings is 1. The van der Waals surface area contributed by atoms with Crippen molar-refractivity contribution in [3.63, 3.8) is 0 Å². The lowest BCUT2D eigenvalue weighted by molar-refractivity contribution is -0.0164. The summed E-state index contributed by atoms with van der Waals surface area (Å²) in [4.78, 5) is 0. The van der Waals surface area contributed by atoms with E-state index < -0.39 is 6.10 Å². The van der Waals surface area contributed by atoms with E-state index in [4.69, 9.17) is 14.6 Å². The van der Waals surface area contributed by atoms with Crippen LogP contribution in [0.5, 0.6) is 5.75 Å². The third kappa shape index (κ3) is 3.41. The second-order valence-electron chi connectivity index (χ2n) is 4.38. The predicted octanol–water partition coefficient (Wildman–Crippen LogP) is 1.11. The summed E-state index contributed by atoms with van der Waals surface area (Å²) in [6, 6.07) is 5.75. The van der Waals surface area contributed by atoms with Crippen LogP contribution in [-0.2, 0) is 4.74 Å². The number of aliphatic hydroxyl groups is 2. The fourth-order valence-electron chi connectivity index (χ4n) is 2.03. The molecule has 100 valence electrons. The average molecular weight is 256 g/mol. The van der Waals surface area contributed by atoms with Crippen LogP contribution in [0.2, 0.25) is 0 Å². The van der Waals surface area contributed by atoms with Crippen molar-refractivity contribution in [1.82, 2.24) is 0 Å². The molecule has 2 N–H and O–H groups in total. The Morgan fingerprint density at radius 2 is 2.06 bits per heavy atom. The molecule has 3 atom stereocenters. The van der Waals surface area contributed by atoms with Crippen LogP contribution in [0.1, 0.15) is 12.8 Å². The first-order valence-corrected chi connectivity index (χ1v) is 6.02. The molecule has 2 unspecified atom stereocenters. The van der Waals surface area contributed by atoms with Gasteiger partial charge in [-0.2, -0.15) is 0 Å². The third-order valence-electron chi connectivity index (χ3n) is 2.96. The first kappa shape index (κ1) is 13.3. The molecule has 1 aliphatic rings. The van der Waals surface area contributed by atoms with E-state index in [9.17, 15) is 9.50 Å². The quantitative estimate of drug-likeness (QED) is 0.828. The van der Waals surface area contributed by atoms with Gasteiger partial charge in [-0.05, 0) is 30.7 Å². The van der Waals surface area contributed by atoms with Crippen LogP contribution >= 0.6 is 0 Å². The van der Waals surface area contributed by atoms with Crippen LogP contribution in [0, 0.1) is 5.82 Å². The lowest BCUT2D eigenvalue weighted by Crippen LogP contribution is -2.22. The zero-order valence-corrected chi connectivity index (χ0v) is 9.96. The predicted molar refractivity (Wildman–Crippen MR) is 62.9 cm³/mol. The van der Waals surface area contributed by atoms with Gasteiger partial charge < -0.3 is 19.7 Å². The second kappa shape index (κ2) is 6.13. The minimum absolute atomic E-state index is 0.00668. The first-order valence-electron chi connectivity index (χ1n) is 6.02. The van der Waals surface area contributed by atoms with Gasteiger partial charge in [-0.15, -0.1) is 0 Å². The molecule has 0 bridgehead atoms. The molecular formula is C13H17FO4. The summed E-state index contributed by atoms with van der Waals surface area (Å²) in [6.45, 7) is 0.303. The van der Waals surface area contributed by atoms with Crippen molar-refractivity contribution in [3.05, 3.63) is 30.1 Å². The van der Waals surface area contributed by atoms with E-state index in [0.29, 0.717) is 25.2 Å². The molecule has 1 fully saturated rings. The van der Waals surface area contributed by atoms with Crippen molar-refractivity contribution in [1.29, 1.82) is 0 Å². The van der Waals surface area contributed by atoms with Crippen molar-refractivity contribution >= 4 is 0 Å². The van der Waals surface area contributed by atoms with E-state index >= 15 is 0 Å². The molecule has 0 amide bonds. The highest BCUT2D eigenvalue weighted by Gasteiger charge is 2.33. The zero-order chi connectivity index (χ0) is 13.0. The van der Waals surface area contributed by atoms with Gasteiger partial charge in [0.1, 0.15) is 18.2 Å². The number of aliphatic hydroxyl groups excluding tert-OH is 2. The highest BCUT2D eigenvalue weighted by Crippen LogP contribution is 2.23. The van der Waals surface area contributed by atoms with Crippen molar-refractivity contribution in [2.45, 2.75) is 31.2 Å². The van der Waals surface area contributed by atoms with Crippen LogP contribution in [-0.4, -0.2) is 41.7 Å². The Morgan fingerprint density at radius 3 is 2.72 bits per heavy atom. The van der Waals surface area contributed by atoms with Crippen LogP contribution in [0.15, 0.2) is 24.3 Å². The van der Waals surface area contributed by atoms with Crippen LogP contribution in [0.25, 0.3) is 0 Å². The number of rotatable bonds is 5. The Morgan fingerprint density at radius 1 is 1.33 bits per heavy atom. The maximum Gasteiger partial charge on any atom is 0.123 e. The van der Waals surface area contributed by atoms with Crippen molar-refractivity contribution in [2.24, 2.45) is 0 Å². The molecule has 4 nitrogen and oxygen atoms in total. The van der Waals surface area contributed by atoms with E-state index in [0.717, 1.165) is 0 Å². The Hall–Kier alpha value is -1.17. The van der Waals surface area contributed by atoms with Gasteiger partial charge in [0.05, 0.1) is 18.3 Å². The maximum absolute atomic E-state index is 12.7. The van der Waals surface area contributed by atoms with Crippen LogP contribution in [0.3, 0.4) is 0 Å². The van der Waals surface area contributed by atoms with Gasteiger partial charge in [0, 0.05) is 13.0 Å². The summed E-state index contributed by atoms with van der Waals surface area (Å²) in [5.41, 5.74) is 0. The topological polar surface area (TPSA) is 58.9 Å². The minimum Gasteiger partial charge on any atom is -0.491 e. The van der Waals surface area contributed by atoms with Crippen molar-refractivity contribution in [3.8, 4) is 5.75 Å². The Bertz CT molecular complexity index is 368. The molecule has 1 heterocycles. The van der Waals surface area contributed by atoms with E-state index in [2.05, 4.69) is 0 Å². The van der Waals surface area contributed by atoms with Gasteiger partial charge in [0.15, 0.2) is 0 Å². The molecule has 0 spiro atoms. The summed E-state index contributed by atoms with van der Waals surface area (Å²) in [5, 5.41) is 18.5. The summed E-state index contributed by atoms with van der Waals surface area (Å²) < 4.78 is 23.7. The van der Waals surface area contributed by atoms with E-state index in [1.165, 1.54) is 12.1 Å². The molecular weight excluding hydrogens is 239 g/mol. The Kier molecular flexibility index (Phi) is 4.52. The van der Waals surface area contributed by atoms with Gasteiger partial charge in [0.25, 0.3) is 0 Å². The highest BCUT2D eigenvalue weighted by molar-refractivity contribution is 5.22. The Labute approximate surface area is 105 Å². The monoisotopic (exact) mass is 256 g/mol. The fourth-order valence-corrected chi connectivity index (χ4v) is 2.03. The van der Waals surface area contributed by atoms with E-state index in [-0.39, 0.29) is 24.6 Å². The fraction of sp³-hybridized carbons (Fsp3) is 0.538. The third-order valence-corrected chi connectivity index (χ3v) is 2.96. The summed E-state index contributed by atoms with van der Waals surface area (Å²) in [5.74, 6) is 0.262. The summed E-state index contributed by atoms with van der Waals surface area (Å²) in [7, 11) is 0. The lowest BCUT2D eigenvalue weighted by Gasteiger charge is -2.14. The molecule has 1 aliphatic heterocycles. The zero-order valence-electron chi connectivity index (χ0n) is 9.96. The molecule has 5 heteroatoms. The molecule has 2 rings (SSSR count). The normalized spacial score (nSPS) is 27.4. The van der Waals surface area contributed by atoms with Gasteiger partial charge in [0.2, 0.25) is 0 Å². The molecule has 0 aromatic heterocycles. The molecule has 1 saturated heterocycles. The number of halogens is 1. The smallest absolute Gasteiger partial charge is 0.123 e. The number of hydrogen-bond acceptors (Lipinski definition) is 4. The number of hydrogen-bond donors (Lipinski definition) is 2. The molecule has 0 radical (unpaired) electrons. The lowest BCUT2D eigenvalue weighted by atomic mass is 10.1. The van der Waals surface area contributed by atoms with Crippen LogP contribution < -0.4 is 4.74 Å². The summed E-state index contributed by atoms with van der Waals surface area (Å²) in [6.07, 6.45) is -0.155.